The van der Waals surface area contributed by atoms with Gasteiger partial charge in [-0.15, -0.1) is 0 Å². The second-order valence-corrected chi connectivity index (χ2v) is 10.7. The van der Waals surface area contributed by atoms with Crippen LogP contribution in [0.3, 0.4) is 0 Å². The number of rotatable bonds is 17. The summed E-state index contributed by atoms with van der Waals surface area (Å²) in [6.45, 7) is -1.49. The molecule has 0 N–H and O–H groups in total. The van der Waals surface area contributed by atoms with Crippen molar-refractivity contribution in [3.05, 3.63) is 47.8 Å². The molecule has 51 heavy (non-hydrogen) atoms. The first-order chi connectivity index (χ1) is 22.8. The molecule has 290 valence electrons. The third-order valence-electron chi connectivity index (χ3n) is 7.06. The second-order valence-electron chi connectivity index (χ2n) is 10.7. The molecule has 1 heterocycles. The Morgan fingerprint density at radius 2 is 1.04 bits per heavy atom. The Kier molecular flexibility index (Phi) is 12.0. The number of nitrogens with zero attached hydrogens (tertiary/aromatic N) is 2. The molecule has 0 amide bonds. The Morgan fingerprint density at radius 1 is 0.627 bits per heavy atom. The lowest BCUT2D eigenvalue weighted by atomic mass is 9.86. The predicted octanol–water partition coefficient (Wildman–Crippen LogP) is 10.0. The van der Waals surface area contributed by atoms with Crippen LogP contribution in [0.5, 0.6) is 0 Å². The summed E-state index contributed by atoms with van der Waals surface area (Å²) < 4.78 is 275. The first kappa shape index (κ1) is 43.5. The van der Waals surface area contributed by atoms with Crippen molar-refractivity contribution in [2.24, 2.45) is 0 Å². The van der Waals surface area contributed by atoms with Crippen LogP contribution in [-0.4, -0.2) is 82.3 Å². The Hall–Kier alpha value is -3.63. The lowest BCUT2D eigenvalue weighted by Crippen LogP contribution is -2.76. The number of esters is 1. The molecule has 1 aromatic heterocycles. The number of carbonyl (C=O) groups excluding carboxylic acids is 1. The molecule has 0 radical (unpaired) electrons. The van der Waals surface area contributed by atoms with Gasteiger partial charge < -0.3 is 4.74 Å². The van der Waals surface area contributed by atoms with Crippen molar-refractivity contribution < 1.29 is 97.3 Å². The number of unbranched alkanes of at least 4 members (excludes halogenated alkanes) is 2. The molecule has 4 nitrogen and oxygen atoms in total. The first-order valence-electron chi connectivity index (χ1n) is 13.6. The minimum atomic E-state index is -9.12. The quantitative estimate of drug-likeness (QED) is 0.0911. The first-order valence-corrected chi connectivity index (χ1v) is 13.6. The monoisotopic (exact) mass is 784 g/mol. The van der Waals surface area contributed by atoms with E-state index in [9.17, 15) is 92.6 Å². The Labute approximate surface area is 272 Å². The van der Waals surface area contributed by atoms with Crippen LogP contribution in [-0.2, 0) is 11.2 Å². The average molecular weight is 784 g/mol. The van der Waals surface area contributed by atoms with Gasteiger partial charge in [0.25, 0.3) is 0 Å². The molecule has 2 aromatic rings. The largest absolute Gasteiger partial charge is 0.455 e. The van der Waals surface area contributed by atoms with E-state index >= 15 is 0 Å². The van der Waals surface area contributed by atoms with Crippen LogP contribution in [0.15, 0.2) is 36.7 Å². The standard InChI is InChI=1S/C27H20F20N2O2/c1-2-3-4-5-13-10-48-16(49-11-13)14-6-8-15(9-7-14)17(50)51-12-19(30,31)21(34,35)23(38,39)25(42,43)27(46,47)26(44,45)24(40,41)22(36,37)20(32,33)18(28)29/h6-11,18H,2-5,12H2,1H3. The molecule has 0 aliphatic heterocycles. The number of aromatic nitrogens is 2. The minimum Gasteiger partial charge on any atom is -0.455 e. The van der Waals surface area contributed by atoms with Gasteiger partial charge in [0.05, 0.1) is 5.56 Å². The topological polar surface area (TPSA) is 52.1 Å². The molecular formula is C27H20F20N2O2. The van der Waals surface area contributed by atoms with E-state index in [4.69, 9.17) is 0 Å². The number of hydrogen-bond acceptors (Lipinski definition) is 4. The van der Waals surface area contributed by atoms with E-state index in [2.05, 4.69) is 14.7 Å². The van der Waals surface area contributed by atoms with Crippen LogP contribution >= 0.6 is 0 Å². The van der Waals surface area contributed by atoms with Gasteiger partial charge in [-0.3, -0.25) is 0 Å². The highest BCUT2D eigenvalue weighted by molar-refractivity contribution is 5.90. The molecular weight excluding hydrogens is 764 g/mol. The van der Waals surface area contributed by atoms with E-state index in [0.29, 0.717) is 18.6 Å². The van der Waals surface area contributed by atoms with Crippen molar-refractivity contribution >= 4 is 5.97 Å². The van der Waals surface area contributed by atoms with Crippen LogP contribution in [0.1, 0.15) is 42.1 Å². The third-order valence-corrected chi connectivity index (χ3v) is 7.06. The van der Waals surface area contributed by atoms with Gasteiger partial charge in [0, 0.05) is 18.0 Å². The maximum Gasteiger partial charge on any atom is 0.385 e. The lowest BCUT2D eigenvalue weighted by molar-refractivity contribution is -0.465. The van der Waals surface area contributed by atoms with E-state index < -0.39 is 77.9 Å². The summed E-state index contributed by atoms with van der Waals surface area (Å²) >= 11 is 0. The fourth-order valence-electron chi connectivity index (χ4n) is 3.86. The molecule has 1 aromatic carbocycles. The third kappa shape index (κ3) is 7.10. The normalized spacial score (nSPS) is 14.6. The highest BCUT2D eigenvalue weighted by Crippen LogP contribution is 2.65. The van der Waals surface area contributed by atoms with E-state index in [1.54, 1.807) is 0 Å². The van der Waals surface area contributed by atoms with Crippen molar-refractivity contribution in [1.82, 2.24) is 9.97 Å². The number of hydrogen-bond donors (Lipinski definition) is 0. The molecule has 0 aliphatic rings. The zero-order valence-electron chi connectivity index (χ0n) is 24.8. The van der Waals surface area contributed by atoms with Gasteiger partial charge in [0.15, 0.2) is 12.4 Å². The van der Waals surface area contributed by atoms with E-state index in [-0.39, 0.29) is 11.4 Å². The van der Waals surface area contributed by atoms with Gasteiger partial charge in [0.1, 0.15) is 0 Å². The minimum absolute atomic E-state index is 0.0232. The van der Waals surface area contributed by atoms with Crippen molar-refractivity contribution in [1.29, 1.82) is 0 Å². The summed E-state index contributed by atoms with van der Waals surface area (Å²) in [5.41, 5.74) is 0.00497. The van der Waals surface area contributed by atoms with Gasteiger partial charge in [-0.1, -0.05) is 31.9 Å². The molecule has 2 rings (SSSR count). The summed E-state index contributed by atoms with van der Waals surface area (Å²) in [5, 5.41) is 0. The Bertz CT molecular complexity index is 1490. The van der Waals surface area contributed by atoms with Gasteiger partial charge in [-0.25, -0.2) is 23.5 Å². The fraction of sp³-hybridized carbons (Fsp3) is 0.593. The second kappa shape index (κ2) is 14.1. The van der Waals surface area contributed by atoms with Gasteiger partial charge >= 0.3 is 65.7 Å². The zero-order valence-corrected chi connectivity index (χ0v) is 24.8. The number of halogens is 20. The number of aryl methyl sites for hydroxylation is 1. The van der Waals surface area contributed by atoms with Gasteiger partial charge in [-0.2, -0.15) is 79.0 Å². The van der Waals surface area contributed by atoms with Crippen molar-refractivity contribution in [3.8, 4) is 11.4 Å². The summed E-state index contributed by atoms with van der Waals surface area (Å²) in [5.74, 6) is -78.4. The zero-order chi connectivity index (χ0) is 39.9. The highest BCUT2D eigenvalue weighted by Gasteiger charge is 2.96. The molecule has 0 saturated heterocycles. The SMILES string of the molecule is CCCCCc1cnc(-c2ccc(C(=O)OCC(F)(F)C(F)(F)C(F)(F)C(F)(F)C(F)(F)C(F)(F)C(F)(F)C(F)(F)C(F)(F)C(F)F)cc2)nc1. The van der Waals surface area contributed by atoms with Crippen LogP contribution in [0, 0.1) is 0 Å². The highest BCUT2D eigenvalue weighted by atomic mass is 19.4. The Balaban J connectivity index is 2.33. The Morgan fingerprint density at radius 3 is 1.45 bits per heavy atom. The smallest absolute Gasteiger partial charge is 0.385 e. The average Bonchev–Trinajstić information content (AvgIpc) is 3.03. The summed E-state index contributed by atoms with van der Waals surface area (Å²) in [7, 11) is 0. The van der Waals surface area contributed by atoms with Crippen LogP contribution < -0.4 is 0 Å². The molecule has 0 spiro atoms. The maximum atomic E-state index is 14.1. The molecule has 0 unspecified atom stereocenters. The lowest BCUT2D eigenvalue weighted by Gasteiger charge is -2.44. The van der Waals surface area contributed by atoms with Gasteiger partial charge in [-0.05, 0) is 30.5 Å². The molecule has 0 fully saturated rings. The number of benzene rings is 1. The molecule has 0 aliphatic carbocycles. The molecule has 0 saturated carbocycles. The number of alkyl halides is 20. The van der Waals surface area contributed by atoms with Crippen LogP contribution in [0.4, 0.5) is 87.8 Å². The molecule has 0 bridgehead atoms. The summed E-state index contributed by atoms with van der Waals surface area (Å²) in [4.78, 5) is 20.1. The van der Waals surface area contributed by atoms with Gasteiger partial charge in [0.2, 0.25) is 0 Å². The van der Waals surface area contributed by atoms with E-state index in [0.717, 1.165) is 37.0 Å². The van der Waals surface area contributed by atoms with Crippen LogP contribution in [0.2, 0.25) is 0 Å². The summed E-state index contributed by atoms with van der Waals surface area (Å²) in [6, 6.07) is 3.43. The number of ether oxygens (including phenoxy) is 1. The molecule has 24 heteroatoms. The van der Waals surface area contributed by atoms with Crippen molar-refractivity contribution in [2.75, 3.05) is 6.61 Å². The van der Waals surface area contributed by atoms with Crippen LogP contribution in [0.25, 0.3) is 11.4 Å². The van der Waals surface area contributed by atoms with E-state index in [1.165, 1.54) is 12.4 Å². The van der Waals surface area contributed by atoms with E-state index in [1.807, 2.05) is 6.92 Å². The fourth-order valence-corrected chi connectivity index (χ4v) is 3.86. The maximum absolute atomic E-state index is 14.1. The van der Waals surface area contributed by atoms with Crippen molar-refractivity contribution in [2.45, 2.75) is 92.3 Å². The number of carbonyl (C=O) groups is 1. The van der Waals surface area contributed by atoms with Crippen molar-refractivity contribution in [3.63, 3.8) is 0 Å². The predicted molar refractivity (Wildman–Crippen MR) is 132 cm³/mol. The molecule has 0 atom stereocenters. The summed E-state index contributed by atoms with van der Waals surface area (Å²) in [6.07, 6.45) is 0.0161.